The molecule has 0 radical (unpaired) electrons. The number of hydrogen-bond acceptors (Lipinski definition) is 6. The summed E-state index contributed by atoms with van der Waals surface area (Å²) in [6, 6.07) is 19.8. The van der Waals surface area contributed by atoms with Crippen LogP contribution in [-0.2, 0) is 0 Å². The van der Waals surface area contributed by atoms with Crippen molar-refractivity contribution >= 4 is 22.4 Å². The van der Waals surface area contributed by atoms with E-state index >= 15 is 0 Å². The molecule has 118 valence electrons. The van der Waals surface area contributed by atoms with E-state index < -0.39 is 0 Å². The van der Waals surface area contributed by atoms with E-state index in [1.54, 1.807) is 4.68 Å². The number of rotatable bonds is 4. The summed E-state index contributed by atoms with van der Waals surface area (Å²) in [6.07, 6.45) is 0. The molecule has 4 aromatic rings. The van der Waals surface area contributed by atoms with E-state index in [0.29, 0.717) is 11.5 Å². The second-order valence-corrected chi connectivity index (χ2v) is 5.94. The van der Waals surface area contributed by atoms with Crippen LogP contribution in [0.5, 0.6) is 0 Å². The van der Waals surface area contributed by atoms with E-state index in [-0.39, 0.29) is 0 Å². The van der Waals surface area contributed by atoms with Gasteiger partial charge in [0.05, 0.1) is 11.4 Å². The molecule has 1 N–H and O–H groups in total. The molecular weight excluding hydrogens is 320 g/mol. The zero-order valence-electron chi connectivity index (χ0n) is 12.9. The van der Waals surface area contributed by atoms with Crippen LogP contribution in [-0.4, -0.2) is 24.4 Å². The van der Waals surface area contributed by atoms with E-state index in [2.05, 4.69) is 25.0 Å². The Morgan fingerprint density at radius 1 is 0.958 bits per heavy atom. The van der Waals surface area contributed by atoms with Crippen molar-refractivity contribution < 1.29 is 0 Å². The zero-order chi connectivity index (χ0) is 16.4. The van der Waals surface area contributed by atoms with E-state index in [9.17, 15) is 0 Å². The molecule has 0 bridgehead atoms. The second-order valence-electron chi connectivity index (χ2n) is 5.18. The summed E-state index contributed by atoms with van der Waals surface area (Å²) in [6.45, 7) is 1.97. The van der Waals surface area contributed by atoms with Crippen LogP contribution >= 0.6 is 11.5 Å². The van der Waals surface area contributed by atoms with Crippen LogP contribution in [0, 0.1) is 6.92 Å². The number of aromatic nitrogens is 5. The normalized spacial score (nSPS) is 10.7. The second kappa shape index (κ2) is 6.21. The maximum Gasteiger partial charge on any atom is 0.207 e. The van der Waals surface area contributed by atoms with Gasteiger partial charge in [0.2, 0.25) is 5.13 Å². The van der Waals surface area contributed by atoms with Crippen molar-refractivity contribution in [1.29, 1.82) is 0 Å². The highest BCUT2D eigenvalue weighted by molar-refractivity contribution is 7.09. The Balaban J connectivity index is 1.62. The van der Waals surface area contributed by atoms with E-state index in [4.69, 9.17) is 0 Å². The summed E-state index contributed by atoms with van der Waals surface area (Å²) in [5, 5.41) is 12.4. The van der Waals surface area contributed by atoms with Gasteiger partial charge in [-0.15, -0.1) is 5.10 Å². The molecule has 0 aliphatic rings. The van der Waals surface area contributed by atoms with Gasteiger partial charge in [-0.2, -0.15) is 9.36 Å². The van der Waals surface area contributed by atoms with Gasteiger partial charge in [-0.3, -0.25) is 0 Å². The summed E-state index contributed by atoms with van der Waals surface area (Å²) in [7, 11) is 0. The number of anilines is 2. The lowest BCUT2D eigenvalue weighted by Gasteiger charge is -2.02. The third kappa shape index (κ3) is 2.77. The molecule has 0 spiro atoms. The predicted octanol–water partition coefficient (Wildman–Crippen LogP) is 3.84. The first-order chi connectivity index (χ1) is 11.8. The van der Waals surface area contributed by atoms with Gasteiger partial charge in [0.25, 0.3) is 0 Å². The number of nitrogens with one attached hydrogen (secondary N) is 1. The number of hydrogen-bond donors (Lipinski definition) is 1. The van der Waals surface area contributed by atoms with Gasteiger partial charge in [-0.25, -0.2) is 4.68 Å². The fourth-order valence-electron chi connectivity index (χ4n) is 2.37. The molecule has 2 aromatic heterocycles. The largest absolute Gasteiger partial charge is 0.330 e. The highest BCUT2D eigenvalue weighted by atomic mass is 32.1. The van der Waals surface area contributed by atoms with Crippen LogP contribution < -0.4 is 5.32 Å². The Hall–Kier alpha value is -3.06. The van der Waals surface area contributed by atoms with Gasteiger partial charge in [-0.1, -0.05) is 41.6 Å². The molecule has 0 fully saturated rings. The van der Waals surface area contributed by atoms with E-state index in [0.717, 1.165) is 22.2 Å². The Bertz CT molecular complexity index is 946. The lowest BCUT2D eigenvalue weighted by molar-refractivity contribution is 0.785. The van der Waals surface area contributed by atoms with Crippen LogP contribution in [0.2, 0.25) is 0 Å². The number of nitrogens with zero attached hydrogens (tertiary/aromatic N) is 5. The van der Waals surface area contributed by atoms with Crippen molar-refractivity contribution in [2.24, 2.45) is 0 Å². The quantitative estimate of drug-likeness (QED) is 0.614. The highest BCUT2D eigenvalue weighted by Gasteiger charge is 2.16. The molecule has 24 heavy (non-hydrogen) atoms. The van der Waals surface area contributed by atoms with Gasteiger partial charge < -0.3 is 5.32 Å². The summed E-state index contributed by atoms with van der Waals surface area (Å²) < 4.78 is 6.19. The van der Waals surface area contributed by atoms with Crippen molar-refractivity contribution in [2.75, 3.05) is 5.32 Å². The van der Waals surface area contributed by atoms with E-state index in [1.807, 2.05) is 67.6 Å². The SMILES string of the molecule is Cc1c(-c2nsc(Nc3ccccc3)n2)nnn1-c1ccccc1. The minimum absolute atomic E-state index is 0.582. The summed E-state index contributed by atoms with van der Waals surface area (Å²) >= 11 is 1.30. The minimum atomic E-state index is 0.582. The Morgan fingerprint density at radius 3 is 2.42 bits per heavy atom. The average Bonchev–Trinajstić information content (AvgIpc) is 3.23. The third-order valence-electron chi connectivity index (χ3n) is 3.56. The smallest absolute Gasteiger partial charge is 0.207 e. The summed E-state index contributed by atoms with van der Waals surface area (Å²) in [5.41, 5.74) is 3.54. The summed E-state index contributed by atoms with van der Waals surface area (Å²) in [4.78, 5) is 4.52. The molecule has 0 amide bonds. The van der Waals surface area contributed by atoms with Crippen LogP contribution in [0.25, 0.3) is 17.2 Å². The molecule has 2 aromatic carbocycles. The number of para-hydroxylation sites is 2. The molecule has 0 atom stereocenters. The van der Waals surface area contributed by atoms with Crippen molar-refractivity contribution in [1.82, 2.24) is 24.4 Å². The maximum atomic E-state index is 4.52. The van der Waals surface area contributed by atoms with Crippen LogP contribution in [0.15, 0.2) is 60.7 Å². The summed E-state index contributed by atoms with van der Waals surface area (Å²) in [5.74, 6) is 0.582. The van der Waals surface area contributed by atoms with Crippen molar-refractivity contribution in [3.05, 3.63) is 66.4 Å². The molecule has 4 rings (SSSR count). The van der Waals surface area contributed by atoms with Crippen molar-refractivity contribution in [3.63, 3.8) is 0 Å². The Labute approximate surface area is 143 Å². The lowest BCUT2D eigenvalue weighted by atomic mass is 10.3. The average molecular weight is 334 g/mol. The Kier molecular flexibility index (Phi) is 3.76. The topological polar surface area (TPSA) is 68.5 Å². The van der Waals surface area contributed by atoms with Gasteiger partial charge in [0, 0.05) is 17.2 Å². The zero-order valence-corrected chi connectivity index (χ0v) is 13.7. The van der Waals surface area contributed by atoms with Crippen molar-refractivity contribution in [3.8, 4) is 17.2 Å². The molecule has 0 aliphatic heterocycles. The highest BCUT2D eigenvalue weighted by Crippen LogP contribution is 2.25. The standard InChI is InChI=1S/C17H14N6S/c1-12-15(20-22-23(12)14-10-6-3-7-11-14)16-19-17(24-21-16)18-13-8-4-2-5-9-13/h2-11H,1H3,(H,18,19,21). The first-order valence-electron chi connectivity index (χ1n) is 7.45. The van der Waals surface area contributed by atoms with Crippen molar-refractivity contribution in [2.45, 2.75) is 6.92 Å². The molecular formula is C17H14N6S. The monoisotopic (exact) mass is 334 g/mol. The predicted molar refractivity (Wildman–Crippen MR) is 94.7 cm³/mol. The lowest BCUT2D eigenvalue weighted by Crippen LogP contribution is -1.98. The fourth-order valence-corrected chi connectivity index (χ4v) is 2.96. The molecule has 0 aliphatic carbocycles. The van der Waals surface area contributed by atoms with Gasteiger partial charge in [-0.05, 0) is 31.2 Å². The van der Waals surface area contributed by atoms with E-state index in [1.165, 1.54) is 11.5 Å². The molecule has 2 heterocycles. The van der Waals surface area contributed by atoms with Gasteiger partial charge in [0.1, 0.15) is 0 Å². The molecule has 0 saturated heterocycles. The minimum Gasteiger partial charge on any atom is -0.330 e. The van der Waals surface area contributed by atoms with Crippen LogP contribution in [0.1, 0.15) is 5.69 Å². The Morgan fingerprint density at radius 2 is 1.67 bits per heavy atom. The fraction of sp³-hybridized carbons (Fsp3) is 0.0588. The number of benzene rings is 2. The van der Waals surface area contributed by atoms with Crippen LogP contribution in [0.3, 0.4) is 0 Å². The first-order valence-corrected chi connectivity index (χ1v) is 8.22. The molecule has 0 saturated carbocycles. The maximum absolute atomic E-state index is 4.52. The first kappa shape index (κ1) is 14.5. The van der Waals surface area contributed by atoms with Crippen LogP contribution in [0.4, 0.5) is 10.8 Å². The third-order valence-corrected chi connectivity index (χ3v) is 4.19. The van der Waals surface area contributed by atoms with Gasteiger partial charge in [0.15, 0.2) is 11.5 Å². The molecule has 0 unspecified atom stereocenters. The van der Waals surface area contributed by atoms with Gasteiger partial charge >= 0.3 is 0 Å². The molecule has 6 nitrogen and oxygen atoms in total. The molecule has 7 heteroatoms.